The molecular weight excluding hydrogens is 264 g/mol. The normalized spacial score (nSPS) is 21.2. The summed E-state index contributed by atoms with van der Waals surface area (Å²) in [6, 6.07) is 9.89. The topological polar surface area (TPSA) is 50.7 Å². The van der Waals surface area contributed by atoms with Crippen molar-refractivity contribution in [3.63, 3.8) is 0 Å². The average Bonchev–Trinajstić information content (AvgIpc) is 2.79. The molecular formula is C17H24N2O2. The molecule has 0 saturated heterocycles. The summed E-state index contributed by atoms with van der Waals surface area (Å²) in [4.78, 5) is 12.1. The van der Waals surface area contributed by atoms with E-state index in [0.717, 1.165) is 24.1 Å². The van der Waals surface area contributed by atoms with Gasteiger partial charge in [0.05, 0.1) is 12.3 Å². The minimum Gasteiger partial charge on any atom is -0.355 e. The highest BCUT2D eigenvalue weighted by Gasteiger charge is 2.43. The van der Waals surface area contributed by atoms with Crippen LogP contribution < -0.4 is 5.43 Å². The first kappa shape index (κ1) is 15.7. The van der Waals surface area contributed by atoms with E-state index in [0.29, 0.717) is 6.61 Å². The van der Waals surface area contributed by atoms with E-state index in [2.05, 4.69) is 17.5 Å². The molecule has 1 aliphatic rings. The molecule has 0 spiro atoms. The second-order valence-corrected chi connectivity index (χ2v) is 5.62. The lowest BCUT2D eigenvalue weighted by molar-refractivity contribution is -0.136. The van der Waals surface area contributed by atoms with Crippen molar-refractivity contribution in [1.29, 1.82) is 0 Å². The van der Waals surface area contributed by atoms with Crippen molar-refractivity contribution >= 4 is 11.6 Å². The van der Waals surface area contributed by atoms with Gasteiger partial charge in [0.15, 0.2) is 5.60 Å². The summed E-state index contributed by atoms with van der Waals surface area (Å²) >= 11 is 0. The average molecular weight is 288 g/mol. The number of hydrogen-bond acceptors (Lipinski definition) is 3. The number of hydrazone groups is 1. The Bertz CT molecular complexity index is 499. The van der Waals surface area contributed by atoms with Crippen LogP contribution in [-0.4, -0.2) is 17.2 Å². The van der Waals surface area contributed by atoms with E-state index in [1.165, 1.54) is 19.3 Å². The maximum Gasteiger partial charge on any atom is 0.277 e. The Morgan fingerprint density at radius 3 is 2.67 bits per heavy atom. The fourth-order valence-corrected chi connectivity index (χ4v) is 2.43. The second-order valence-electron chi connectivity index (χ2n) is 5.62. The summed E-state index contributed by atoms with van der Waals surface area (Å²) in [5.41, 5.74) is 3.51. The first-order valence-corrected chi connectivity index (χ1v) is 7.72. The van der Waals surface area contributed by atoms with Gasteiger partial charge in [0, 0.05) is 0 Å². The Balaban J connectivity index is 1.93. The molecule has 0 aromatic heterocycles. The lowest BCUT2D eigenvalue weighted by atomic mass is 9.95. The lowest BCUT2D eigenvalue weighted by Crippen LogP contribution is -2.45. The molecule has 1 atom stereocenters. The van der Waals surface area contributed by atoms with Gasteiger partial charge in [-0.2, -0.15) is 5.10 Å². The molecule has 21 heavy (non-hydrogen) atoms. The number of benzene rings is 1. The predicted molar refractivity (Wildman–Crippen MR) is 84.0 cm³/mol. The quantitative estimate of drug-likeness (QED) is 0.745. The van der Waals surface area contributed by atoms with Crippen LogP contribution in [0.1, 0.15) is 51.5 Å². The van der Waals surface area contributed by atoms with Crippen molar-refractivity contribution in [2.24, 2.45) is 5.10 Å². The van der Waals surface area contributed by atoms with Crippen LogP contribution in [0, 0.1) is 0 Å². The van der Waals surface area contributed by atoms with Crippen molar-refractivity contribution in [2.45, 2.75) is 58.2 Å². The summed E-state index contributed by atoms with van der Waals surface area (Å²) < 4.78 is 5.92. The predicted octanol–water partition coefficient (Wildman–Crippen LogP) is 3.42. The smallest absolute Gasteiger partial charge is 0.277 e. The van der Waals surface area contributed by atoms with Gasteiger partial charge in [-0.25, -0.2) is 5.43 Å². The van der Waals surface area contributed by atoms with Crippen molar-refractivity contribution in [3.8, 4) is 0 Å². The van der Waals surface area contributed by atoms with Crippen LogP contribution in [0.2, 0.25) is 0 Å². The van der Waals surface area contributed by atoms with Gasteiger partial charge in [-0.3, -0.25) is 4.79 Å². The molecule has 0 saturated carbocycles. The Morgan fingerprint density at radius 1 is 1.19 bits per heavy atom. The van der Waals surface area contributed by atoms with Crippen LogP contribution in [0.4, 0.5) is 0 Å². The summed E-state index contributed by atoms with van der Waals surface area (Å²) in [6.07, 6.45) is 5.44. The molecule has 1 aliphatic heterocycles. The van der Waals surface area contributed by atoms with Gasteiger partial charge in [-0.15, -0.1) is 0 Å². The molecule has 0 fully saturated rings. The molecule has 1 N–H and O–H groups in total. The van der Waals surface area contributed by atoms with Gasteiger partial charge < -0.3 is 4.74 Å². The highest BCUT2D eigenvalue weighted by atomic mass is 16.5. The molecule has 4 nitrogen and oxygen atoms in total. The monoisotopic (exact) mass is 288 g/mol. The van der Waals surface area contributed by atoms with Gasteiger partial charge in [0.2, 0.25) is 0 Å². The second kappa shape index (κ2) is 7.36. The fraction of sp³-hybridized carbons (Fsp3) is 0.529. The number of amides is 1. The molecule has 1 amide bonds. The maximum absolute atomic E-state index is 12.1. The minimum absolute atomic E-state index is 0.163. The maximum atomic E-state index is 12.1. The van der Waals surface area contributed by atoms with Crippen LogP contribution in [0.25, 0.3) is 0 Å². The van der Waals surface area contributed by atoms with Crippen molar-refractivity contribution in [1.82, 2.24) is 5.43 Å². The molecule has 0 radical (unpaired) electrons. The van der Waals surface area contributed by atoms with Crippen LogP contribution in [0.3, 0.4) is 0 Å². The number of unbranched alkanes of at least 4 members (excludes halogenated alkanes) is 3. The molecule has 0 aliphatic carbocycles. The highest BCUT2D eigenvalue weighted by Crippen LogP contribution is 2.23. The van der Waals surface area contributed by atoms with E-state index < -0.39 is 5.60 Å². The van der Waals surface area contributed by atoms with Crippen molar-refractivity contribution < 1.29 is 9.53 Å². The number of rotatable bonds is 8. The Labute approximate surface area is 126 Å². The molecule has 2 rings (SSSR count). The standard InChI is InChI=1S/C17H24N2O2/c1-3-4-5-9-12-15-17(2,16(20)19-18-15)21-13-14-10-7-6-8-11-14/h6-8,10-11H,3-5,9,12-13H2,1-2H3,(H,19,20). The number of ether oxygens (including phenoxy) is 1. The molecule has 1 heterocycles. The minimum atomic E-state index is -0.929. The van der Waals surface area contributed by atoms with Gasteiger partial charge >= 0.3 is 0 Å². The number of nitrogens with one attached hydrogen (secondary N) is 1. The third-order valence-corrected chi connectivity index (χ3v) is 3.91. The SMILES string of the molecule is CCCCCCC1=NNC(=O)C1(C)OCc1ccccc1. The Morgan fingerprint density at radius 2 is 1.95 bits per heavy atom. The molecule has 0 bridgehead atoms. The van der Waals surface area contributed by atoms with E-state index >= 15 is 0 Å². The van der Waals surface area contributed by atoms with Crippen LogP contribution >= 0.6 is 0 Å². The third kappa shape index (κ3) is 3.91. The van der Waals surface area contributed by atoms with E-state index in [1.54, 1.807) is 0 Å². The lowest BCUT2D eigenvalue weighted by Gasteiger charge is -2.23. The highest BCUT2D eigenvalue weighted by molar-refractivity contribution is 6.15. The number of carbonyl (C=O) groups is 1. The number of carbonyl (C=O) groups excluding carboxylic acids is 1. The summed E-state index contributed by atoms with van der Waals surface area (Å²) in [6.45, 7) is 4.42. The van der Waals surface area contributed by atoms with Gasteiger partial charge in [-0.05, 0) is 25.3 Å². The van der Waals surface area contributed by atoms with E-state index in [1.807, 2.05) is 37.3 Å². The Hall–Kier alpha value is -1.68. The number of nitrogens with zero attached hydrogens (tertiary/aromatic N) is 1. The number of hydrogen-bond donors (Lipinski definition) is 1. The van der Waals surface area contributed by atoms with Gasteiger partial charge in [-0.1, -0.05) is 56.5 Å². The zero-order chi connectivity index (χ0) is 15.1. The fourth-order valence-electron chi connectivity index (χ4n) is 2.43. The van der Waals surface area contributed by atoms with Crippen LogP contribution in [0.15, 0.2) is 35.4 Å². The van der Waals surface area contributed by atoms with Gasteiger partial charge in [0.25, 0.3) is 5.91 Å². The molecule has 4 heteroatoms. The summed E-state index contributed by atoms with van der Waals surface area (Å²) in [5.74, 6) is -0.163. The van der Waals surface area contributed by atoms with E-state index in [9.17, 15) is 4.79 Å². The molecule has 1 aromatic carbocycles. The Kier molecular flexibility index (Phi) is 5.51. The largest absolute Gasteiger partial charge is 0.355 e. The summed E-state index contributed by atoms with van der Waals surface area (Å²) in [7, 11) is 0. The van der Waals surface area contributed by atoms with Crippen molar-refractivity contribution in [2.75, 3.05) is 0 Å². The third-order valence-electron chi connectivity index (χ3n) is 3.91. The van der Waals surface area contributed by atoms with E-state index in [4.69, 9.17) is 4.74 Å². The van der Waals surface area contributed by atoms with Gasteiger partial charge in [0.1, 0.15) is 0 Å². The molecule has 1 unspecified atom stereocenters. The molecule has 1 aromatic rings. The van der Waals surface area contributed by atoms with Crippen LogP contribution in [-0.2, 0) is 16.1 Å². The first-order chi connectivity index (χ1) is 10.2. The summed E-state index contributed by atoms with van der Waals surface area (Å²) in [5, 5.41) is 4.17. The van der Waals surface area contributed by atoms with Crippen LogP contribution in [0.5, 0.6) is 0 Å². The molecule has 114 valence electrons. The first-order valence-electron chi connectivity index (χ1n) is 7.72. The van der Waals surface area contributed by atoms with Crippen molar-refractivity contribution in [3.05, 3.63) is 35.9 Å². The zero-order valence-electron chi connectivity index (χ0n) is 12.9. The van der Waals surface area contributed by atoms with E-state index in [-0.39, 0.29) is 5.91 Å². The zero-order valence-corrected chi connectivity index (χ0v) is 12.9.